The Labute approximate surface area is 397 Å². The van der Waals surface area contributed by atoms with Crippen molar-refractivity contribution in [2.75, 3.05) is 36.0 Å². The molecule has 0 heterocycles. The Morgan fingerprint density at radius 3 is 0.924 bits per heavy atom. The number of phenolic OH excluding ortho intramolecular Hbond substituents is 2. The lowest BCUT2D eigenvalue weighted by atomic mass is 9.61. The second-order valence-corrected chi connectivity index (χ2v) is 19.8. The van der Waals surface area contributed by atoms with E-state index in [1.54, 1.807) is 0 Å². The quantitative estimate of drug-likeness (QED) is 0.0290. The third kappa shape index (κ3) is 11.4. The van der Waals surface area contributed by atoms with Crippen LogP contribution in [0.15, 0.2) is 84.9 Å². The Bertz CT molecular complexity index is 2260. The molecule has 0 bridgehead atoms. The van der Waals surface area contributed by atoms with Gasteiger partial charge in [0, 0.05) is 83.4 Å². The van der Waals surface area contributed by atoms with Crippen LogP contribution in [0.1, 0.15) is 179 Å². The number of unbranched alkanes of at least 4 members (excludes halogenated alkanes) is 16. The second kappa shape index (κ2) is 24.5. The summed E-state index contributed by atoms with van der Waals surface area (Å²) < 4.78 is 0. The third-order valence-corrected chi connectivity index (χ3v) is 14.9. The van der Waals surface area contributed by atoms with Gasteiger partial charge in [-0.1, -0.05) is 179 Å². The van der Waals surface area contributed by atoms with E-state index >= 15 is 0 Å². The normalized spacial score (nSPS) is 17.3. The SMILES string of the molecule is CCCCCCCN(CCCCCCC)c1cc(O)c(C2C(O)C(c3c(O)cc(N(CCCCCCC)CCCCCCC)c4cc5ccccc5cc34)C2O)c2cc3ccccc3cc12. The van der Waals surface area contributed by atoms with Crippen LogP contribution in [-0.4, -0.2) is 58.8 Å². The molecule has 7 rings (SSSR count). The number of aliphatic hydroxyl groups excluding tert-OH is 2. The lowest BCUT2D eigenvalue weighted by Gasteiger charge is -2.48. The standard InChI is InChI=1S/C60H82N2O4/c1-5-9-13-17-25-33-61(34-26-18-14-10-6-2)51-41-53(63)55(49-39-45-31-23-21-29-43(45)37-47(49)51)57-59(65)58(60(57)66)56-50-40-46-32-24-22-30-44(46)38-48(50)52(42-54(56)64)62(35-27-19-15-11-7-3)36-28-20-16-12-8-4/h21-24,29-32,37-42,57-60,63-66H,5-20,25-28,33-36H2,1-4H3. The summed E-state index contributed by atoms with van der Waals surface area (Å²) in [7, 11) is 0. The number of hydrogen-bond donors (Lipinski definition) is 4. The van der Waals surface area contributed by atoms with Gasteiger partial charge in [0.15, 0.2) is 0 Å². The number of anilines is 2. The lowest BCUT2D eigenvalue weighted by molar-refractivity contribution is -0.0787. The van der Waals surface area contributed by atoms with Gasteiger partial charge in [0.2, 0.25) is 0 Å². The topological polar surface area (TPSA) is 87.4 Å². The predicted octanol–water partition coefficient (Wildman–Crippen LogP) is 15.8. The Kier molecular flexibility index (Phi) is 18.3. The number of rotatable bonds is 28. The minimum absolute atomic E-state index is 0.111. The third-order valence-electron chi connectivity index (χ3n) is 14.9. The van der Waals surface area contributed by atoms with E-state index < -0.39 is 24.0 Å². The van der Waals surface area contributed by atoms with Crippen LogP contribution in [-0.2, 0) is 0 Å². The van der Waals surface area contributed by atoms with Crippen LogP contribution in [0, 0.1) is 0 Å². The highest BCUT2D eigenvalue weighted by Gasteiger charge is 2.53. The highest BCUT2D eigenvalue weighted by atomic mass is 16.3. The molecule has 356 valence electrons. The first-order valence-corrected chi connectivity index (χ1v) is 26.5. The fourth-order valence-electron chi connectivity index (χ4n) is 11.1. The van der Waals surface area contributed by atoms with E-state index in [0.29, 0.717) is 11.1 Å². The molecule has 1 aliphatic carbocycles. The minimum atomic E-state index is -1.04. The Hall–Kier alpha value is -4.52. The molecule has 1 saturated carbocycles. The van der Waals surface area contributed by atoms with E-state index in [4.69, 9.17) is 0 Å². The van der Waals surface area contributed by atoms with E-state index in [9.17, 15) is 20.4 Å². The van der Waals surface area contributed by atoms with Crippen molar-refractivity contribution in [1.29, 1.82) is 0 Å². The molecule has 66 heavy (non-hydrogen) atoms. The van der Waals surface area contributed by atoms with Crippen molar-refractivity contribution in [3.63, 3.8) is 0 Å². The van der Waals surface area contributed by atoms with Crippen LogP contribution in [0.4, 0.5) is 11.4 Å². The number of aromatic hydroxyl groups is 2. The van der Waals surface area contributed by atoms with Gasteiger partial charge >= 0.3 is 0 Å². The molecule has 4 N–H and O–H groups in total. The van der Waals surface area contributed by atoms with E-state index in [-0.39, 0.29) is 11.5 Å². The predicted molar refractivity (Wildman–Crippen MR) is 283 cm³/mol. The van der Waals surface area contributed by atoms with E-state index in [1.807, 2.05) is 24.3 Å². The first kappa shape index (κ1) is 49.4. The summed E-state index contributed by atoms with van der Waals surface area (Å²) in [5, 5.41) is 57.9. The summed E-state index contributed by atoms with van der Waals surface area (Å²) in [6, 6.07) is 29.4. The van der Waals surface area contributed by atoms with Crippen molar-refractivity contribution in [3.8, 4) is 11.5 Å². The average Bonchev–Trinajstić information content (AvgIpc) is 3.33. The minimum Gasteiger partial charge on any atom is -0.508 e. The first-order chi connectivity index (χ1) is 32.3. The van der Waals surface area contributed by atoms with Crippen LogP contribution >= 0.6 is 0 Å². The maximum atomic E-state index is 12.5. The molecule has 0 spiro atoms. The first-order valence-electron chi connectivity index (χ1n) is 26.5. The van der Waals surface area contributed by atoms with Gasteiger partial charge in [0.1, 0.15) is 11.5 Å². The average molecular weight is 895 g/mol. The molecule has 0 atom stereocenters. The van der Waals surface area contributed by atoms with Crippen LogP contribution in [0.5, 0.6) is 11.5 Å². The summed E-state index contributed by atoms with van der Waals surface area (Å²) in [6.07, 6.45) is 21.8. The van der Waals surface area contributed by atoms with Crippen LogP contribution in [0.2, 0.25) is 0 Å². The van der Waals surface area contributed by atoms with Gasteiger partial charge in [-0.15, -0.1) is 0 Å². The number of hydrogen-bond acceptors (Lipinski definition) is 6. The maximum absolute atomic E-state index is 12.5. The van der Waals surface area contributed by atoms with Gasteiger partial charge in [0.05, 0.1) is 12.2 Å². The number of phenols is 2. The highest BCUT2D eigenvalue weighted by Crippen LogP contribution is 2.57. The van der Waals surface area contributed by atoms with Crippen LogP contribution < -0.4 is 9.80 Å². The van der Waals surface area contributed by atoms with Gasteiger partial charge in [0.25, 0.3) is 0 Å². The molecule has 0 aromatic heterocycles. The zero-order valence-corrected chi connectivity index (χ0v) is 41.0. The fourth-order valence-corrected chi connectivity index (χ4v) is 11.1. The molecule has 0 amide bonds. The monoisotopic (exact) mass is 895 g/mol. The molecular formula is C60H82N2O4. The number of nitrogens with zero attached hydrogens (tertiary/aromatic N) is 2. The van der Waals surface area contributed by atoms with Gasteiger partial charge in [-0.2, -0.15) is 0 Å². The maximum Gasteiger partial charge on any atom is 0.121 e. The number of aliphatic hydroxyl groups is 2. The summed E-state index contributed by atoms with van der Waals surface area (Å²) in [4.78, 5) is 4.98. The summed E-state index contributed by atoms with van der Waals surface area (Å²) in [6.45, 7) is 12.7. The fraction of sp³-hybridized carbons (Fsp3) is 0.533. The molecule has 6 heteroatoms. The summed E-state index contributed by atoms with van der Waals surface area (Å²) in [5.74, 6) is -1.27. The van der Waals surface area contributed by atoms with Crippen molar-refractivity contribution in [2.45, 2.75) is 180 Å². The Morgan fingerprint density at radius 2 is 0.636 bits per heavy atom. The Balaban J connectivity index is 1.28. The Morgan fingerprint density at radius 1 is 0.364 bits per heavy atom. The molecule has 0 aliphatic heterocycles. The largest absolute Gasteiger partial charge is 0.508 e. The van der Waals surface area contributed by atoms with Crippen LogP contribution in [0.25, 0.3) is 43.1 Å². The second-order valence-electron chi connectivity index (χ2n) is 19.8. The van der Waals surface area contributed by atoms with Crippen LogP contribution in [0.3, 0.4) is 0 Å². The molecular weight excluding hydrogens is 813 g/mol. The molecule has 6 aromatic carbocycles. The molecule has 0 saturated heterocycles. The van der Waals surface area contributed by atoms with Crippen molar-refractivity contribution < 1.29 is 20.4 Å². The van der Waals surface area contributed by atoms with E-state index in [2.05, 4.69) is 98.2 Å². The van der Waals surface area contributed by atoms with E-state index in [1.165, 1.54) is 103 Å². The molecule has 0 unspecified atom stereocenters. The van der Waals surface area contributed by atoms with Gasteiger partial charge in [-0.3, -0.25) is 0 Å². The van der Waals surface area contributed by atoms with Crippen molar-refractivity contribution in [2.24, 2.45) is 0 Å². The summed E-state index contributed by atoms with van der Waals surface area (Å²) >= 11 is 0. The van der Waals surface area contributed by atoms with Gasteiger partial charge in [-0.05, 0) is 82.3 Å². The molecule has 6 nitrogen and oxygen atoms in total. The van der Waals surface area contributed by atoms with Gasteiger partial charge in [-0.25, -0.2) is 0 Å². The lowest BCUT2D eigenvalue weighted by Crippen LogP contribution is -2.51. The van der Waals surface area contributed by atoms with Crippen molar-refractivity contribution in [1.82, 2.24) is 0 Å². The molecule has 6 aromatic rings. The molecule has 1 aliphatic rings. The van der Waals surface area contributed by atoms with Crippen molar-refractivity contribution in [3.05, 3.63) is 96.1 Å². The molecule has 0 radical (unpaired) electrons. The highest BCUT2D eigenvalue weighted by molar-refractivity contribution is 6.08. The molecule has 1 fully saturated rings. The van der Waals surface area contributed by atoms with Gasteiger partial charge < -0.3 is 30.2 Å². The zero-order valence-electron chi connectivity index (χ0n) is 41.0. The number of benzene rings is 6. The van der Waals surface area contributed by atoms with E-state index in [0.717, 1.165) is 106 Å². The summed E-state index contributed by atoms with van der Waals surface area (Å²) in [5.41, 5.74) is 3.22. The zero-order chi connectivity index (χ0) is 46.4. The number of fused-ring (bicyclic) bond motifs is 4. The van der Waals surface area contributed by atoms with Crippen molar-refractivity contribution >= 4 is 54.5 Å². The smallest absolute Gasteiger partial charge is 0.121 e.